The Hall–Kier alpha value is -0.450. The molecule has 2 atom stereocenters. The van der Waals surface area contributed by atoms with Gasteiger partial charge in [-0.15, -0.1) is 0 Å². The van der Waals surface area contributed by atoms with Crippen molar-refractivity contribution in [2.24, 2.45) is 0 Å². The molecule has 0 aliphatic carbocycles. The molecule has 0 radical (unpaired) electrons. The minimum absolute atomic E-state index is 0.104. The van der Waals surface area contributed by atoms with Crippen LogP contribution in [-0.2, 0) is 0 Å². The Bertz CT molecular complexity index is 332. The van der Waals surface area contributed by atoms with Gasteiger partial charge in [0, 0.05) is 10.5 Å². The summed E-state index contributed by atoms with van der Waals surface area (Å²) in [5.74, 6) is -0.337. The molecular weight excluding hydrogens is 261 g/mol. The van der Waals surface area contributed by atoms with Crippen molar-refractivity contribution in [1.29, 1.82) is 0 Å². The zero-order valence-electron chi connectivity index (χ0n) is 8.80. The van der Waals surface area contributed by atoms with Crippen LogP contribution >= 0.6 is 15.9 Å². The predicted octanol–water partition coefficient (Wildman–Crippen LogP) is 2.62. The largest absolute Gasteiger partial charge is 0.387 e. The average Bonchev–Trinajstić information content (AvgIpc) is 2.21. The van der Waals surface area contributed by atoms with Gasteiger partial charge in [0.15, 0.2) is 0 Å². The van der Waals surface area contributed by atoms with Gasteiger partial charge in [0.2, 0.25) is 0 Å². The SMILES string of the molecule is CCNC(C)C(O)c1cc(F)ccc1Br. The predicted molar refractivity (Wildman–Crippen MR) is 62.2 cm³/mol. The molecule has 84 valence electrons. The lowest BCUT2D eigenvalue weighted by Crippen LogP contribution is -2.32. The van der Waals surface area contributed by atoms with Gasteiger partial charge in [-0.25, -0.2) is 4.39 Å². The van der Waals surface area contributed by atoms with E-state index < -0.39 is 6.10 Å². The molecule has 1 rings (SSSR count). The van der Waals surface area contributed by atoms with Crippen LogP contribution in [0.4, 0.5) is 4.39 Å². The van der Waals surface area contributed by atoms with Crippen molar-refractivity contribution in [2.75, 3.05) is 6.54 Å². The minimum atomic E-state index is -0.713. The van der Waals surface area contributed by atoms with Gasteiger partial charge in [0.25, 0.3) is 0 Å². The number of hydrogen-bond acceptors (Lipinski definition) is 2. The maximum Gasteiger partial charge on any atom is 0.123 e. The monoisotopic (exact) mass is 275 g/mol. The molecule has 0 saturated carbocycles. The van der Waals surface area contributed by atoms with E-state index in [0.717, 1.165) is 11.0 Å². The van der Waals surface area contributed by atoms with Crippen molar-refractivity contribution in [1.82, 2.24) is 5.32 Å². The Labute approximate surface area is 97.6 Å². The van der Waals surface area contributed by atoms with Crippen molar-refractivity contribution in [3.8, 4) is 0 Å². The fourth-order valence-electron chi connectivity index (χ4n) is 1.44. The van der Waals surface area contributed by atoms with Gasteiger partial charge in [0.05, 0.1) is 6.10 Å². The Morgan fingerprint density at radius 1 is 1.53 bits per heavy atom. The van der Waals surface area contributed by atoms with E-state index in [-0.39, 0.29) is 11.9 Å². The van der Waals surface area contributed by atoms with Gasteiger partial charge >= 0.3 is 0 Å². The zero-order valence-corrected chi connectivity index (χ0v) is 10.4. The number of aliphatic hydroxyl groups excluding tert-OH is 1. The highest BCUT2D eigenvalue weighted by molar-refractivity contribution is 9.10. The maximum absolute atomic E-state index is 13.0. The second-order valence-corrected chi connectivity index (χ2v) is 4.31. The van der Waals surface area contributed by atoms with Gasteiger partial charge in [0.1, 0.15) is 5.82 Å². The maximum atomic E-state index is 13.0. The molecule has 15 heavy (non-hydrogen) atoms. The van der Waals surface area contributed by atoms with Crippen LogP contribution in [0.5, 0.6) is 0 Å². The van der Waals surface area contributed by atoms with E-state index >= 15 is 0 Å². The first-order chi connectivity index (χ1) is 7.06. The van der Waals surface area contributed by atoms with Crippen LogP contribution < -0.4 is 5.32 Å². The molecule has 2 unspecified atom stereocenters. The third kappa shape index (κ3) is 3.26. The van der Waals surface area contributed by atoms with Crippen LogP contribution in [0, 0.1) is 5.82 Å². The van der Waals surface area contributed by atoms with Crippen LogP contribution in [0.2, 0.25) is 0 Å². The number of halogens is 2. The summed E-state index contributed by atoms with van der Waals surface area (Å²) in [6.45, 7) is 4.60. The Balaban J connectivity index is 2.89. The number of likely N-dealkylation sites (N-methyl/N-ethyl adjacent to an activating group) is 1. The molecule has 0 amide bonds. The van der Waals surface area contributed by atoms with Crippen LogP contribution in [0.1, 0.15) is 25.5 Å². The number of nitrogens with one attached hydrogen (secondary N) is 1. The van der Waals surface area contributed by atoms with Crippen LogP contribution in [0.25, 0.3) is 0 Å². The summed E-state index contributed by atoms with van der Waals surface area (Å²) in [6, 6.07) is 4.21. The molecule has 1 aromatic carbocycles. The summed E-state index contributed by atoms with van der Waals surface area (Å²) in [4.78, 5) is 0. The molecule has 0 heterocycles. The second kappa shape index (κ2) is 5.58. The third-order valence-electron chi connectivity index (χ3n) is 2.28. The lowest BCUT2D eigenvalue weighted by Gasteiger charge is -2.20. The first kappa shape index (κ1) is 12.6. The van der Waals surface area contributed by atoms with Crippen molar-refractivity contribution >= 4 is 15.9 Å². The minimum Gasteiger partial charge on any atom is -0.387 e. The fourth-order valence-corrected chi connectivity index (χ4v) is 1.93. The average molecular weight is 276 g/mol. The molecule has 2 nitrogen and oxygen atoms in total. The quantitative estimate of drug-likeness (QED) is 0.886. The summed E-state index contributed by atoms with van der Waals surface area (Å²) < 4.78 is 13.7. The first-order valence-corrected chi connectivity index (χ1v) is 5.72. The molecule has 0 saturated heterocycles. The van der Waals surface area contributed by atoms with Gasteiger partial charge in [-0.2, -0.15) is 0 Å². The van der Waals surface area contributed by atoms with E-state index in [1.807, 2.05) is 13.8 Å². The molecular formula is C11H15BrFNO. The normalized spacial score (nSPS) is 15.0. The number of hydrogen-bond donors (Lipinski definition) is 2. The molecule has 0 fully saturated rings. The van der Waals surface area contributed by atoms with Crippen LogP contribution in [0.15, 0.2) is 22.7 Å². The number of benzene rings is 1. The van der Waals surface area contributed by atoms with Gasteiger partial charge in [-0.05, 0) is 37.2 Å². The van der Waals surface area contributed by atoms with Gasteiger partial charge < -0.3 is 10.4 Å². The summed E-state index contributed by atoms with van der Waals surface area (Å²) >= 11 is 3.30. The van der Waals surface area contributed by atoms with E-state index in [1.165, 1.54) is 12.1 Å². The first-order valence-electron chi connectivity index (χ1n) is 4.92. The standard InChI is InChI=1S/C11H15BrFNO/c1-3-14-7(2)11(15)9-6-8(13)4-5-10(9)12/h4-7,11,14-15H,3H2,1-2H3. The highest BCUT2D eigenvalue weighted by atomic mass is 79.9. The molecule has 4 heteroatoms. The molecule has 0 aliphatic heterocycles. The van der Waals surface area contributed by atoms with E-state index in [9.17, 15) is 9.50 Å². The molecule has 0 spiro atoms. The molecule has 1 aromatic rings. The molecule has 2 N–H and O–H groups in total. The number of rotatable bonds is 4. The van der Waals surface area contributed by atoms with Crippen molar-refractivity contribution in [2.45, 2.75) is 26.0 Å². The van der Waals surface area contributed by atoms with Crippen molar-refractivity contribution in [3.63, 3.8) is 0 Å². The summed E-state index contributed by atoms with van der Waals surface area (Å²) in [7, 11) is 0. The molecule has 0 bridgehead atoms. The molecule has 0 aliphatic rings. The van der Waals surface area contributed by atoms with Gasteiger partial charge in [-0.1, -0.05) is 22.9 Å². The topological polar surface area (TPSA) is 32.3 Å². The van der Waals surface area contributed by atoms with Gasteiger partial charge in [-0.3, -0.25) is 0 Å². The van der Waals surface area contributed by atoms with Crippen molar-refractivity contribution in [3.05, 3.63) is 34.1 Å². The summed E-state index contributed by atoms with van der Waals surface area (Å²) in [5.41, 5.74) is 0.573. The Morgan fingerprint density at radius 3 is 2.80 bits per heavy atom. The third-order valence-corrected chi connectivity index (χ3v) is 3.00. The smallest absolute Gasteiger partial charge is 0.123 e. The van der Waals surface area contributed by atoms with Crippen LogP contribution in [0.3, 0.4) is 0 Å². The van der Waals surface area contributed by atoms with E-state index in [2.05, 4.69) is 21.2 Å². The molecule has 0 aromatic heterocycles. The summed E-state index contributed by atoms with van der Waals surface area (Å²) in [5, 5.41) is 13.1. The second-order valence-electron chi connectivity index (χ2n) is 3.46. The summed E-state index contributed by atoms with van der Waals surface area (Å²) in [6.07, 6.45) is -0.713. The lowest BCUT2D eigenvalue weighted by molar-refractivity contribution is 0.136. The zero-order chi connectivity index (χ0) is 11.4. The lowest BCUT2D eigenvalue weighted by atomic mass is 10.0. The Morgan fingerprint density at radius 2 is 2.20 bits per heavy atom. The highest BCUT2D eigenvalue weighted by Gasteiger charge is 2.18. The highest BCUT2D eigenvalue weighted by Crippen LogP contribution is 2.26. The Kier molecular flexibility index (Phi) is 4.70. The fraction of sp³-hybridized carbons (Fsp3) is 0.455. The van der Waals surface area contributed by atoms with Crippen LogP contribution in [-0.4, -0.2) is 17.7 Å². The number of aliphatic hydroxyl groups is 1. The van der Waals surface area contributed by atoms with E-state index in [4.69, 9.17) is 0 Å². The van der Waals surface area contributed by atoms with E-state index in [0.29, 0.717) is 5.56 Å². The van der Waals surface area contributed by atoms with Crippen molar-refractivity contribution < 1.29 is 9.50 Å². The van der Waals surface area contributed by atoms with E-state index in [1.54, 1.807) is 6.07 Å².